The Balaban J connectivity index is 2.46. The van der Waals surface area contributed by atoms with E-state index < -0.39 is 11.7 Å². The summed E-state index contributed by atoms with van der Waals surface area (Å²) in [6.45, 7) is 5.17. The van der Waals surface area contributed by atoms with Crippen LogP contribution in [0.25, 0.3) is 0 Å². The molecule has 0 unspecified atom stereocenters. The molecule has 110 valence electrons. The van der Waals surface area contributed by atoms with Crippen molar-refractivity contribution in [3.8, 4) is 0 Å². The molecule has 0 aliphatic heterocycles. The van der Waals surface area contributed by atoms with Crippen LogP contribution < -0.4 is 10.6 Å². The highest BCUT2D eigenvalue weighted by Crippen LogP contribution is 2.24. The topological polar surface area (TPSA) is 67.4 Å². The zero-order chi connectivity index (χ0) is 15.2. The highest BCUT2D eigenvalue weighted by molar-refractivity contribution is 7.98. The fourth-order valence-corrected chi connectivity index (χ4v) is 1.96. The number of benzene rings is 1. The first kappa shape index (κ1) is 16.4. The van der Waals surface area contributed by atoms with Crippen molar-refractivity contribution < 1.29 is 14.3 Å². The van der Waals surface area contributed by atoms with E-state index in [4.69, 9.17) is 4.74 Å². The fraction of sp³-hybridized carbons (Fsp3) is 0.429. The van der Waals surface area contributed by atoms with Crippen LogP contribution in [0.3, 0.4) is 0 Å². The van der Waals surface area contributed by atoms with Gasteiger partial charge < -0.3 is 15.4 Å². The number of hydrogen-bond acceptors (Lipinski definition) is 4. The maximum atomic E-state index is 11.8. The van der Waals surface area contributed by atoms with Gasteiger partial charge in [-0.15, -0.1) is 11.8 Å². The lowest BCUT2D eigenvalue weighted by atomic mass is 10.2. The lowest BCUT2D eigenvalue weighted by Gasteiger charge is -2.19. The van der Waals surface area contributed by atoms with E-state index in [1.54, 1.807) is 32.5 Å². The molecule has 0 saturated carbocycles. The van der Waals surface area contributed by atoms with Crippen LogP contribution in [-0.2, 0) is 9.53 Å². The number of carbonyl (C=O) groups is 2. The van der Waals surface area contributed by atoms with Crippen LogP contribution in [-0.4, -0.2) is 30.4 Å². The third-order valence-corrected chi connectivity index (χ3v) is 2.97. The summed E-state index contributed by atoms with van der Waals surface area (Å²) in [7, 11) is 0. The van der Waals surface area contributed by atoms with Gasteiger partial charge in [0.1, 0.15) is 12.1 Å². The van der Waals surface area contributed by atoms with Gasteiger partial charge in [-0.3, -0.25) is 4.79 Å². The van der Waals surface area contributed by atoms with E-state index in [-0.39, 0.29) is 12.5 Å². The molecule has 6 heteroatoms. The first-order valence-corrected chi connectivity index (χ1v) is 7.44. The van der Waals surface area contributed by atoms with Gasteiger partial charge in [-0.2, -0.15) is 0 Å². The minimum absolute atomic E-state index is 0.127. The molecule has 0 aliphatic rings. The van der Waals surface area contributed by atoms with Gasteiger partial charge in [0.15, 0.2) is 0 Å². The number of thioether (sulfide) groups is 1. The predicted octanol–water partition coefficient (Wildman–Crippen LogP) is 2.87. The smallest absolute Gasteiger partial charge is 0.408 e. The number of ether oxygens (including phenoxy) is 1. The molecular weight excluding hydrogens is 276 g/mol. The maximum Gasteiger partial charge on any atom is 0.408 e. The molecule has 0 fully saturated rings. The minimum atomic E-state index is -0.606. The normalized spacial score (nSPS) is 10.8. The first-order chi connectivity index (χ1) is 9.31. The number of nitrogens with one attached hydrogen (secondary N) is 2. The number of anilines is 1. The molecule has 2 N–H and O–H groups in total. The van der Waals surface area contributed by atoms with Gasteiger partial charge in [0.05, 0.1) is 5.69 Å². The van der Waals surface area contributed by atoms with Gasteiger partial charge in [-0.25, -0.2) is 4.79 Å². The highest BCUT2D eigenvalue weighted by atomic mass is 32.2. The molecule has 0 atom stereocenters. The number of amides is 2. The average molecular weight is 296 g/mol. The molecule has 0 saturated heterocycles. The minimum Gasteiger partial charge on any atom is -0.444 e. The van der Waals surface area contributed by atoms with Crippen LogP contribution in [0.15, 0.2) is 29.2 Å². The molecular formula is C14H20N2O3S. The third kappa shape index (κ3) is 5.97. The standard InChI is InChI=1S/C14H20N2O3S/c1-14(2,3)19-13(18)15-9-12(17)16-10-7-5-6-8-11(10)20-4/h5-8H,9H2,1-4H3,(H,15,18)(H,16,17). The van der Waals surface area contributed by atoms with Gasteiger partial charge in [0, 0.05) is 4.90 Å². The van der Waals surface area contributed by atoms with E-state index in [1.165, 1.54) is 0 Å². The van der Waals surface area contributed by atoms with Crippen molar-refractivity contribution in [2.75, 3.05) is 18.1 Å². The largest absolute Gasteiger partial charge is 0.444 e. The highest BCUT2D eigenvalue weighted by Gasteiger charge is 2.16. The van der Waals surface area contributed by atoms with Crippen LogP contribution in [0.4, 0.5) is 10.5 Å². The molecule has 0 heterocycles. The number of rotatable bonds is 4. The van der Waals surface area contributed by atoms with E-state index in [1.807, 2.05) is 30.5 Å². The van der Waals surface area contributed by atoms with Crippen LogP contribution in [0.2, 0.25) is 0 Å². The van der Waals surface area contributed by atoms with E-state index >= 15 is 0 Å². The second-order valence-corrected chi connectivity index (χ2v) is 5.95. The molecule has 2 amide bonds. The van der Waals surface area contributed by atoms with Crippen molar-refractivity contribution >= 4 is 29.4 Å². The van der Waals surface area contributed by atoms with Gasteiger partial charge in [0.25, 0.3) is 0 Å². The Morgan fingerprint density at radius 1 is 1.25 bits per heavy atom. The van der Waals surface area contributed by atoms with E-state index in [2.05, 4.69) is 10.6 Å². The summed E-state index contributed by atoms with van der Waals surface area (Å²) in [5, 5.41) is 5.17. The second kappa shape index (κ2) is 7.19. The first-order valence-electron chi connectivity index (χ1n) is 6.21. The van der Waals surface area contributed by atoms with E-state index in [0.717, 1.165) is 10.6 Å². The van der Waals surface area contributed by atoms with E-state index in [9.17, 15) is 9.59 Å². The van der Waals surface area contributed by atoms with Crippen molar-refractivity contribution in [3.05, 3.63) is 24.3 Å². The molecule has 0 spiro atoms. The Bertz CT molecular complexity index is 484. The summed E-state index contributed by atoms with van der Waals surface area (Å²) in [5.74, 6) is -0.294. The molecule has 1 aromatic rings. The lowest BCUT2D eigenvalue weighted by molar-refractivity contribution is -0.115. The molecule has 0 radical (unpaired) electrons. The van der Waals surface area contributed by atoms with Gasteiger partial charge >= 0.3 is 6.09 Å². The molecule has 20 heavy (non-hydrogen) atoms. The van der Waals surface area contributed by atoms with Crippen LogP contribution >= 0.6 is 11.8 Å². The van der Waals surface area contributed by atoms with Crippen LogP contribution in [0.5, 0.6) is 0 Å². The quantitative estimate of drug-likeness (QED) is 0.838. The maximum absolute atomic E-state index is 11.8. The molecule has 1 rings (SSSR count). The fourth-order valence-electron chi connectivity index (χ4n) is 1.41. The molecule has 0 aliphatic carbocycles. The second-order valence-electron chi connectivity index (χ2n) is 5.10. The number of carbonyl (C=O) groups excluding carboxylic acids is 2. The van der Waals surface area contributed by atoms with E-state index in [0.29, 0.717) is 0 Å². The molecule has 1 aromatic carbocycles. The Morgan fingerprint density at radius 3 is 2.50 bits per heavy atom. The van der Waals surface area contributed by atoms with Crippen LogP contribution in [0, 0.1) is 0 Å². The number of para-hydroxylation sites is 1. The van der Waals surface area contributed by atoms with Crippen molar-refractivity contribution in [1.82, 2.24) is 5.32 Å². The summed E-state index contributed by atoms with van der Waals surface area (Å²) in [6.07, 6.45) is 1.33. The zero-order valence-electron chi connectivity index (χ0n) is 12.1. The summed E-state index contributed by atoms with van der Waals surface area (Å²) < 4.78 is 5.05. The Hall–Kier alpha value is -1.69. The molecule has 0 aromatic heterocycles. The van der Waals surface area contributed by atoms with Crippen molar-refractivity contribution in [2.24, 2.45) is 0 Å². The van der Waals surface area contributed by atoms with Crippen LogP contribution in [0.1, 0.15) is 20.8 Å². The third-order valence-electron chi connectivity index (χ3n) is 2.17. The van der Waals surface area contributed by atoms with Gasteiger partial charge in [-0.05, 0) is 39.2 Å². The van der Waals surface area contributed by atoms with Gasteiger partial charge in [0.2, 0.25) is 5.91 Å². The van der Waals surface area contributed by atoms with Gasteiger partial charge in [-0.1, -0.05) is 12.1 Å². The summed E-state index contributed by atoms with van der Waals surface area (Å²) in [6, 6.07) is 7.48. The predicted molar refractivity (Wildman–Crippen MR) is 81.1 cm³/mol. The molecule has 0 bridgehead atoms. The Morgan fingerprint density at radius 2 is 1.90 bits per heavy atom. The monoisotopic (exact) mass is 296 g/mol. The Labute approximate surface area is 123 Å². The Kier molecular flexibility index (Phi) is 5.88. The lowest BCUT2D eigenvalue weighted by Crippen LogP contribution is -2.37. The zero-order valence-corrected chi connectivity index (χ0v) is 13.0. The number of alkyl carbamates (subject to hydrolysis) is 1. The molecule has 5 nitrogen and oxygen atoms in total. The summed E-state index contributed by atoms with van der Waals surface area (Å²) in [5.41, 5.74) is 0.155. The number of hydrogen-bond donors (Lipinski definition) is 2. The van der Waals surface area contributed by atoms with Crippen molar-refractivity contribution in [3.63, 3.8) is 0 Å². The summed E-state index contributed by atoms with van der Waals surface area (Å²) in [4.78, 5) is 24.2. The van der Waals surface area contributed by atoms with Crippen molar-refractivity contribution in [1.29, 1.82) is 0 Å². The SMILES string of the molecule is CSc1ccccc1NC(=O)CNC(=O)OC(C)(C)C. The summed E-state index contributed by atoms with van der Waals surface area (Å²) >= 11 is 1.54. The van der Waals surface area contributed by atoms with Crippen molar-refractivity contribution in [2.45, 2.75) is 31.3 Å². The average Bonchev–Trinajstić information content (AvgIpc) is 2.35.